The molecule has 4 atom stereocenters. The summed E-state index contributed by atoms with van der Waals surface area (Å²) in [7, 11) is 1.59. The lowest BCUT2D eigenvalue weighted by molar-refractivity contribution is -0.111. The molecule has 5 aromatic carbocycles. The lowest BCUT2D eigenvalue weighted by atomic mass is 9.93. The van der Waals surface area contributed by atoms with E-state index in [1.165, 1.54) is 36.4 Å². The second kappa shape index (κ2) is 44.9. The van der Waals surface area contributed by atoms with Gasteiger partial charge < -0.3 is 105 Å². The molecule has 766 valence electrons. The van der Waals surface area contributed by atoms with Gasteiger partial charge in [0.25, 0.3) is 47.3 Å². The van der Waals surface area contributed by atoms with Crippen molar-refractivity contribution in [3.8, 4) is 16.9 Å². The van der Waals surface area contributed by atoms with Crippen LogP contribution < -0.4 is 26.0 Å². The minimum Gasteiger partial charge on any atom is -0.497 e. The highest BCUT2D eigenvalue weighted by Crippen LogP contribution is 2.46. The fourth-order valence-electron chi connectivity index (χ4n) is 21.6. The van der Waals surface area contributed by atoms with E-state index in [1.807, 2.05) is 70.2 Å². The minimum absolute atomic E-state index is 0.0561. The van der Waals surface area contributed by atoms with Crippen molar-refractivity contribution in [2.24, 2.45) is 0 Å². The third-order valence-corrected chi connectivity index (χ3v) is 29.0. The number of anilines is 4. The SMILES string of the molecule is COc1ccc2c(c1)NC(=O)/C2=C\c1[nH]c2c(c1C)C(=O)N(C[C@H](O)CN1CCOCC1)CCC2.Cc1c(/C=C2\C(=O)Nc3ccc(F)c(-c4cccc(F)c4F)c32)[nH]c2c1C(=O)N(C[C@H](O)CN1CCOCC1)CCC2.Cc1c(/C=C2\C(=O)Nc3ccc(F)cc32)[nH]c2c1C(=O)N(C[C@@H](O)CN1CCOCC1)CCC2.Cc1cccc2c1/C(=C/c1[nH]c3c(c1C)C(=O)N(C[C@H](O)CN1CCOCC1)CCC3)C(=O)N2. The largest absolute Gasteiger partial charge is 0.497 e. The Bertz CT molecular complexity index is 6610. The number of carbonyl (C=O) groups is 8. The maximum absolute atomic E-state index is 15.2. The number of β-amino-alcohol motifs (C(OH)–C–C–N with tert-alkyl or cyclic N) is 4. The molecule has 0 unspecified atom stereocenters. The number of amides is 8. The molecule has 9 aromatic rings. The fraction of sp³-hybridized carbons (Fsp3) is 0.426. The normalized spacial score (nSPS) is 20.2. The first-order valence-corrected chi connectivity index (χ1v) is 49.9. The number of aromatic nitrogens is 4. The molecule has 4 saturated heterocycles. The Labute approximate surface area is 837 Å². The first-order valence-electron chi connectivity index (χ1n) is 49.9. The second-order valence-electron chi connectivity index (χ2n) is 38.8. The van der Waals surface area contributed by atoms with Crippen molar-refractivity contribution in [3.63, 3.8) is 0 Å². The van der Waals surface area contributed by atoms with Crippen LogP contribution in [-0.4, -0.2) is 342 Å². The van der Waals surface area contributed by atoms with Crippen LogP contribution in [0.5, 0.6) is 5.75 Å². The predicted octanol–water partition coefficient (Wildman–Crippen LogP) is 10.1. The number of nitrogens with zero attached hydrogens (tertiary/aromatic N) is 8. The van der Waals surface area contributed by atoms with Crippen molar-refractivity contribution in [2.75, 3.05) is 212 Å². The molecular weight excluding hydrogens is 1870 g/mol. The molecule has 21 rings (SSSR count). The van der Waals surface area contributed by atoms with Gasteiger partial charge in [0.05, 0.1) is 135 Å². The van der Waals surface area contributed by atoms with Crippen LogP contribution in [-0.2, 0) is 63.8 Å². The third kappa shape index (κ3) is 22.4. The quantitative estimate of drug-likeness (QED) is 0.0222. The van der Waals surface area contributed by atoms with Gasteiger partial charge in [-0.1, -0.05) is 24.3 Å². The Morgan fingerprint density at radius 2 is 0.683 bits per heavy atom. The molecule has 12 aliphatic rings. The lowest BCUT2D eigenvalue weighted by Crippen LogP contribution is -2.46. The first kappa shape index (κ1) is 102. The van der Waals surface area contributed by atoms with Gasteiger partial charge in [-0.2, -0.15) is 0 Å². The molecule has 0 aliphatic carbocycles. The summed E-state index contributed by atoms with van der Waals surface area (Å²) in [5.41, 5.74) is 18.3. The van der Waals surface area contributed by atoms with Gasteiger partial charge >= 0.3 is 0 Å². The maximum Gasteiger partial charge on any atom is 0.256 e. The van der Waals surface area contributed by atoms with Crippen LogP contribution in [0.4, 0.5) is 40.3 Å². The van der Waals surface area contributed by atoms with Crippen LogP contribution in [0.2, 0.25) is 0 Å². The van der Waals surface area contributed by atoms with Crippen LogP contribution in [0.15, 0.2) is 84.9 Å². The highest BCUT2D eigenvalue weighted by Gasteiger charge is 2.40. The average molecular weight is 1990 g/mol. The van der Waals surface area contributed by atoms with E-state index in [1.54, 1.807) is 51.8 Å². The van der Waals surface area contributed by atoms with Crippen molar-refractivity contribution in [1.29, 1.82) is 0 Å². The van der Waals surface area contributed by atoms with Gasteiger partial charge in [-0.15, -0.1) is 0 Å². The number of H-pyrrole nitrogens is 4. The standard InChI is InChI=1S/C31H31F3N4O4.C26H32N4O5.C26H32N4O4.C25H29FN4O4/c1-17-25(35-23-6-3-9-38(31(41)26(17)23)16-18(39)15-37-10-12-42-13-11-37)14-20-28-24(36-30(20)40)8-7-21(32)27(28)19-4-2-5-22(33)29(19)34;1-16-22(13-20-19-6-5-18(34-2)12-23(19)28-25(20)32)27-21-4-3-7-30(26(33)24(16)21)15-17(31)14-29-8-10-35-11-9-29;1-16-5-3-6-20-23(16)19(25(32)28-20)13-22-17(2)24-21(27-22)7-4-8-30(26(24)33)15-18(31)14-29-9-11-34-12-10-29;1-15-22(12-19-18-11-16(26)4-5-20(18)28-24(19)32)27-21-3-2-6-30(25(33)23(15)21)14-17(31)13-29-7-9-34-10-8-29/h2,4-5,7-8,14,18,35,39H,3,6,9-13,15-16H2,1H3,(H,36,40);5-6,12-13,17,27,31H,3-4,7-11,14-15H2,1-2H3,(H,28,32);3,5-6,13,18,27,31H,4,7-12,14-15H2,1-2H3,(H,28,32);4-5,11-12,17,27,31H,2-3,6-10,13-14H2,1H3,(H,28,32)/b20-14-;20-13-;19-13-;19-12-/t18-;17-;18-;17-/m1110/s1. The molecule has 0 radical (unpaired) electrons. The van der Waals surface area contributed by atoms with Crippen LogP contribution in [0.25, 0.3) is 57.7 Å². The maximum atomic E-state index is 15.2. The minimum atomic E-state index is -1.22. The predicted molar refractivity (Wildman–Crippen MR) is 540 cm³/mol. The van der Waals surface area contributed by atoms with Gasteiger partial charge in [0.2, 0.25) is 0 Å². The zero-order valence-corrected chi connectivity index (χ0v) is 82.3. The van der Waals surface area contributed by atoms with Gasteiger partial charge in [-0.3, -0.25) is 58.0 Å². The van der Waals surface area contributed by atoms with Crippen LogP contribution >= 0.6 is 0 Å². The second-order valence-corrected chi connectivity index (χ2v) is 38.8. The van der Waals surface area contributed by atoms with E-state index in [-0.39, 0.29) is 82.4 Å². The number of ether oxygens (including phenoxy) is 5. The Hall–Kier alpha value is -13.0. The van der Waals surface area contributed by atoms with Crippen LogP contribution in [0, 0.1) is 57.9 Å². The number of carbonyl (C=O) groups excluding carboxylic acids is 8. The van der Waals surface area contributed by atoms with Crippen molar-refractivity contribution in [2.45, 2.75) is 110 Å². The number of halogens is 4. The topological polar surface area (TPSA) is 401 Å². The fourth-order valence-corrected chi connectivity index (χ4v) is 21.6. The van der Waals surface area contributed by atoms with Crippen molar-refractivity contribution in [3.05, 3.63) is 226 Å². The molecule has 8 amide bonds. The number of fused-ring (bicyclic) bond motifs is 8. The zero-order valence-electron chi connectivity index (χ0n) is 82.3. The summed E-state index contributed by atoms with van der Waals surface area (Å²) in [5.74, 6) is -4.50. The number of benzene rings is 5. The molecule has 12 N–H and O–H groups in total. The number of rotatable bonds is 22. The van der Waals surface area contributed by atoms with Crippen molar-refractivity contribution >= 4 is 117 Å². The van der Waals surface area contributed by atoms with Gasteiger partial charge in [-0.05, 0) is 193 Å². The Balaban J connectivity index is 0.000000128. The van der Waals surface area contributed by atoms with Gasteiger partial charge in [0.15, 0.2) is 11.6 Å². The molecule has 12 aliphatic heterocycles. The summed E-state index contributed by atoms with van der Waals surface area (Å²) in [6.45, 7) is 26.4. The zero-order chi connectivity index (χ0) is 102. The van der Waals surface area contributed by atoms with E-state index < -0.39 is 53.6 Å². The number of hydrogen-bond donors (Lipinski definition) is 12. The monoisotopic (exact) mass is 1990 g/mol. The third-order valence-electron chi connectivity index (χ3n) is 29.0. The van der Waals surface area contributed by atoms with Crippen molar-refractivity contribution < 1.29 is 100 Å². The van der Waals surface area contributed by atoms with Gasteiger partial charge in [0.1, 0.15) is 17.4 Å². The summed E-state index contributed by atoms with van der Waals surface area (Å²) in [4.78, 5) is 134. The van der Waals surface area contributed by atoms with E-state index in [0.29, 0.717) is 222 Å². The summed E-state index contributed by atoms with van der Waals surface area (Å²) in [6, 6.07) is 21.5. The highest BCUT2D eigenvalue weighted by atomic mass is 19.2. The Morgan fingerprint density at radius 3 is 1.08 bits per heavy atom. The van der Waals surface area contributed by atoms with Gasteiger partial charge in [0, 0.05) is 233 Å². The summed E-state index contributed by atoms with van der Waals surface area (Å²) in [5, 5.41) is 54.0. The molecule has 4 aromatic heterocycles. The molecule has 0 saturated carbocycles. The first-order chi connectivity index (χ1) is 70.0. The number of aliphatic hydroxyl groups is 4. The number of aliphatic hydroxyl groups excluding tert-OH is 4. The van der Waals surface area contributed by atoms with Gasteiger partial charge in [-0.25, -0.2) is 17.6 Å². The number of aromatic amines is 4. The molecule has 16 heterocycles. The molecular formula is C108H124F4N16O17. The number of morpholine rings is 4. The number of nitrogens with one attached hydrogen (secondary N) is 8. The van der Waals surface area contributed by atoms with E-state index >= 15 is 4.39 Å². The van der Waals surface area contributed by atoms with Crippen LogP contribution in [0.3, 0.4) is 0 Å². The summed E-state index contributed by atoms with van der Waals surface area (Å²) < 4.78 is 84.6. The molecule has 0 bridgehead atoms. The molecule has 37 heteroatoms. The number of methoxy groups -OCH3 is 1. The summed E-state index contributed by atoms with van der Waals surface area (Å²) >= 11 is 0. The van der Waals surface area contributed by atoms with Crippen molar-refractivity contribution in [1.82, 2.24) is 59.1 Å². The Morgan fingerprint density at radius 1 is 0.338 bits per heavy atom. The van der Waals surface area contributed by atoms with E-state index in [0.717, 1.165) is 164 Å². The lowest BCUT2D eigenvalue weighted by Gasteiger charge is -2.31. The smallest absolute Gasteiger partial charge is 0.256 e. The van der Waals surface area contributed by atoms with E-state index in [4.69, 9.17) is 23.7 Å². The van der Waals surface area contributed by atoms with E-state index in [2.05, 4.69) is 60.8 Å². The number of aryl methyl sites for hydroxylation is 5. The molecule has 33 nitrogen and oxygen atoms in total. The average Bonchev–Trinajstić information content (AvgIpc) is 1.62. The summed E-state index contributed by atoms with van der Waals surface area (Å²) in [6.07, 6.45) is 10.2. The van der Waals surface area contributed by atoms with E-state index in [9.17, 15) is 72.0 Å². The van der Waals surface area contributed by atoms with Crippen LogP contribution in [0.1, 0.15) is 163 Å². The molecule has 0 spiro atoms. The number of hydrogen-bond acceptors (Lipinski definition) is 21. The molecule has 145 heavy (non-hydrogen) atoms. The highest BCUT2D eigenvalue weighted by molar-refractivity contribution is 6.38. The Kier molecular flexibility index (Phi) is 31.6. The molecule has 4 fully saturated rings.